The Kier molecular flexibility index (Phi) is 5.10. The quantitative estimate of drug-likeness (QED) is 0.641. The van der Waals surface area contributed by atoms with Gasteiger partial charge in [-0.3, -0.25) is 4.79 Å². The molecule has 3 aromatic rings. The number of hydrogen-bond donors (Lipinski definition) is 2. The van der Waals surface area contributed by atoms with Crippen molar-refractivity contribution in [2.24, 2.45) is 0 Å². The number of aryl methyl sites for hydroxylation is 1. The average Bonchev–Trinajstić information content (AvgIpc) is 2.77. The zero-order chi connectivity index (χ0) is 21.3. The lowest BCUT2D eigenvalue weighted by Gasteiger charge is -2.36. The molecule has 6 heteroatoms. The SMILES string of the molecule is COc1ccc2c(c1)Oc1cc(OC)ccc1C2(O)c1ccc(CCC(=O)O)cc1. The van der Waals surface area contributed by atoms with Crippen molar-refractivity contribution in [1.29, 1.82) is 0 Å². The molecule has 2 N–H and O–H groups in total. The summed E-state index contributed by atoms with van der Waals surface area (Å²) in [7, 11) is 3.15. The summed E-state index contributed by atoms with van der Waals surface area (Å²) in [5.74, 6) is 1.38. The first-order chi connectivity index (χ1) is 14.5. The van der Waals surface area contributed by atoms with E-state index in [0.717, 1.165) is 5.56 Å². The molecular weight excluding hydrogens is 384 g/mol. The molecule has 0 unspecified atom stereocenters. The van der Waals surface area contributed by atoms with Crippen molar-refractivity contribution in [3.63, 3.8) is 0 Å². The van der Waals surface area contributed by atoms with Gasteiger partial charge in [-0.2, -0.15) is 0 Å². The molecule has 0 spiro atoms. The van der Waals surface area contributed by atoms with Crippen LogP contribution in [-0.4, -0.2) is 30.4 Å². The van der Waals surface area contributed by atoms with E-state index in [0.29, 0.717) is 46.1 Å². The molecule has 1 heterocycles. The Morgan fingerprint density at radius 3 is 1.90 bits per heavy atom. The first-order valence-corrected chi connectivity index (χ1v) is 9.54. The van der Waals surface area contributed by atoms with E-state index in [4.69, 9.17) is 19.3 Å². The molecule has 0 aromatic heterocycles. The number of carbonyl (C=O) groups is 1. The Hall–Kier alpha value is -3.51. The summed E-state index contributed by atoms with van der Waals surface area (Å²) >= 11 is 0. The topological polar surface area (TPSA) is 85.2 Å². The highest BCUT2D eigenvalue weighted by Gasteiger charge is 2.42. The summed E-state index contributed by atoms with van der Waals surface area (Å²) < 4.78 is 16.7. The summed E-state index contributed by atoms with van der Waals surface area (Å²) in [6, 6.07) is 18.0. The summed E-state index contributed by atoms with van der Waals surface area (Å²) in [6.45, 7) is 0. The van der Waals surface area contributed by atoms with Crippen LogP contribution < -0.4 is 14.2 Å². The van der Waals surface area contributed by atoms with Crippen LogP contribution in [0.2, 0.25) is 0 Å². The van der Waals surface area contributed by atoms with Gasteiger partial charge in [0.15, 0.2) is 0 Å². The van der Waals surface area contributed by atoms with Crippen LogP contribution in [0, 0.1) is 0 Å². The second-order valence-electron chi connectivity index (χ2n) is 7.13. The number of fused-ring (bicyclic) bond motifs is 2. The number of aliphatic carboxylic acids is 1. The third-order valence-electron chi connectivity index (χ3n) is 5.38. The van der Waals surface area contributed by atoms with Crippen molar-refractivity contribution in [2.75, 3.05) is 14.2 Å². The second kappa shape index (κ2) is 7.72. The fourth-order valence-corrected chi connectivity index (χ4v) is 3.76. The fourth-order valence-electron chi connectivity index (χ4n) is 3.76. The minimum absolute atomic E-state index is 0.0582. The third kappa shape index (κ3) is 3.35. The molecule has 4 rings (SSSR count). The molecule has 30 heavy (non-hydrogen) atoms. The van der Waals surface area contributed by atoms with Crippen molar-refractivity contribution >= 4 is 5.97 Å². The van der Waals surface area contributed by atoms with Crippen molar-refractivity contribution < 1.29 is 29.2 Å². The van der Waals surface area contributed by atoms with Crippen molar-refractivity contribution in [1.82, 2.24) is 0 Å². The Labute approximate surface area is 174 Å². The Balaban J connectivity index is 1.84. The minimum atomic E-state index is -1.45. The fraction of sp³-hybridized carbons (Fsp3) is 0.208. The summed E-state index contributed by atoms with van der Waals surface area (Å²) in [5.41, 5.74) is 1.29. The maximum Gasteiger partial charge on any atom is 0.303 e. The van der Waals surface area contributed by atoms with Gasteiger partial charge in [-0.25, -0.2) is 0 Å². The molecule has 3 aromatic carbocycles. The molecule has 0 saturated carbocycles. The molecule has 0 aliphatic carbocycles. The van der Waals surface area contributed by atoms with Gasteiger partial charge in [0.2, 0.25) is 0 Å². The lowest BCUT2D eigenvalue weighted by atomic mass is 9.78. The molecule has 0 saturated heterocycles. The number of carboxylic acid groups (broad SMARTS) is 1. The van der Waals surface area contributed by atoms with Crippen LogP contribution in [0.3, 0.4) is 0 Å². The van der Waals surface area contributed by atoms with Gasteiger partial charge in [-0.05, 0) is 41.8 Å². The second-order valence-corrected chi connectivity index (χ2v) is 7.13. The molecule has 0 bridgehead atoms. The molecule has 0 radical (unpaired) electrons. The maximum atomic E-state index is 12.0. The lowest BCUT2D eigenvalue weighted by Crippen LogP contribution is -2.32. The zero-order valence-electron chi connectivity index (χ0n) is 16.7. The number of rotatable bonds is 6. The van der Waals surface area contributed by atoms with E-state index in [2.05, 4.69) is 0 Å². The van der Waals surface area contributed by atoms with Crippen molar-refractivity contribution in [2.45, 2.75) is 18.4 Å². The minimum Gasteiger partial charge on any atom is -0.497 e. The highest BCUT2D eigenvalue weighted by atomic mass is 16.5. The molecule has 0 fully saturated rings. The van der Waals surface area contributed by atoms with E-state index in [1.165, 1.54) is 0 Å². The molecule has 0 atom stereocenters. The van der Waals surface area contributed by atoms with E-state index in [1.807, 2.05) is 24.3 Å². The Bertz CT molecular complexity index is 1030. The van der Waals surface area contributed by atoms with Gasteiger partial charge in [-0.1, -0.05) is 24.3 Å². The van der Waals surface area contributed by atoms with E-state index >= 15 is 0 Å². The predicted octanol–water partition coefficient (Wildman–Crippen LogP) is 4.11. The molecule has 1 aliphatic heterocycles. The van der Waals surface area contributed by atoms with E-state index in [9.17, 15) is 9.90 Å². The monoisotopic (exact) mass is 406 g/mol. The van der Waals surface area contributed by atoms with Gasteiger partial charge in [0, 0.05) is 29.7 Å². The third-order valence-corrected chi connectivity index (χ3v) is 5.38. The number of hydrogen-bond acceptors (Lipinski definition) is 5. The van der Waals surface area contributed by atoms with E-state index in [1.54, 1.807) is 50.6 Å². The summed E-state index contributed by atoms with van der Waals surface area (Å²) in [4.78, 5) is 10.8. The molecular formula is C24H22O6. The molecule has 6 nitrogen and oxygen atoms in total. The van der Waals surface area contributed by atoms with Crippen LogP contribution in [0.1, 0.15) is 28.7 Å². The number of ether oxygens (including phenoxy) is 3. The largest absolute Gasteiger partial charge is 0.497 e. The van der Waals surface area contributed by atoms with E-state index in [-0.39, 0.29) is 6.42 Å². The van der Waals surface area contributed by atoms with Crippen LogP contribution in [0.15, 0.2) is 60.7 Å². The first-order valence-electron chi connectivity index (χ1n) is 9.54. The van der Waals surface area contributed by atoms with Crippen LogP contribution in [0.25, 0.3) is 0 Å². The summed E-state index contributed by atoms with van der Waals surface area (Å²) in [5, 5.41) is 20.9. The van der Waals surface area contributed by atoms with Crippen molar-refractivity contribution in [3.05, 3.63) is 82.9 Å². The Morgan fingerprint density at radius 2 is 1.43 bits per heavy atom. The van der Waals surface area contributed by atoms with Gasteiger partial charge < -0.3 is 24.4 Å². The molecule has 0 amide bonds. The first kappa shape index (κ1) is 19.8. The van der Waals surface area contributed by atoms with Crippen LogP contribution in [-0.2, 0) is 16.8 Å². The number of methoxy groups -OCH3 is 2. The molecule has 154 valence electrons. The number of aliphatic hydroxyl groups is 1. The zero-order valence-corrected chi connectivity index (χ0v) is 16.7. The smallest absolute Gasteiger partial charge is 0.303 e. The van der Waals surface area contributed by atoms with Gasteiger partial charge in [0.25, 0.3) is 0 Å². The van der Waals surface area contributed by atoms with Gasteiger partial charge in [0.1, 0.15) is 28.6 Å². The number of benzene rings is 3. The number of carboxylic acids is 1. The van der Waals surface area contributed by atoms with Crippen LogP contribution >= 0.6 is 0 Å². The Morgan fingerprint density at radius 1 is 0.900 bits per heavy atom. The summed E-state index contributed by atoms with van der Waals surface area (Å²) in [6.07, 6.45) is 0.488. The van der Waals surface area contributed by atoms with E-state index < -0.39 is 11.6 Å². The predicted molar refractivity (Wildman–Crippen MR) is 111 cm³/mol. The average molecular weight is 406 g/mol. The van der Waals surface area contributed by atoms with Crippen LogP contribution in [0.5, 0.6) is 23.0 Å². The van der Waals surface area contributed by atoms with Crippen LogP contribution in [0.4, 0.5) is 0 Å². The maximum absolute atomic E-state index is 12.0. The highest BCUT2D eigenvalue weighted by molar-refractivity contribution is 5.67. The standard InChI is InChI=1S/C24H22O6/c1-28-17-8-10-19-21(13-17)30-22-14-18(29-2)9-11-20(22)24(19,27)16-6-3-15(4-7-16)5-12-23(25)26/h3-4,6-11,13-14,27H,5,12H2,1-2H3,(H,25,26). The lowest BCUT2D eigenvalue weighted by molar-refractivity contribution is -0.136. The highest BCUT2D eigenvalue weighted by Crippen LogP contribution is 2.51. The van der Waals surface area contributed by atoms with Gasteiger partial charge in [0.05, 0.1) is 14.2 Å². The van der Waals surface area contributed by atoms with Gasteiger partial charge in [-0.15, -0.1) is 0 Å². The van der Waals surface area contributed by atoms with Gasteiger partial charge >= 0.3 is 5.97 Å². The molecule has 1 aliphatic rings. The normalized spacial score (nSPS) is 13.6. The van der Waals surface area contributed by atoms with Crippen molar-refractivity contribution in [3.8, 4) is 23.0 Å².